The molecule has 1 nitrogen and oxygen atoms in total. The summed E-state index contributed by atoms with van der Waals surface area (Å²) in [5.41, 5.74) is 0. The predicted molar refractivity (Wildman–Crippen MR) is 42.0 cm³/mol. The first-order chi connectivity index (χ1) is 3.83. The van der Waals surface area contributed by atoms with Gasteiger partial charge in [0.2, 0.25) is 0 Å². The maximum atomic E-state index is 7.51. The number of nitriles is 1. The van der Waals surface area contributed by atoms with Gasteiger partial charge in [-0.25, -0.2) is 0 Å². The molecule has 0 aliphatic carbocycles. The van der Waals surface area contributed by atoms with Crippen LogP contribution in [-0.2, 0) is 0 Å². The molecular formula is C7H9LiN. The fourth-order valence-electron chi connectivity index (χ4n) is 0. The SMILES string of the molecule is C=CC#N.C=CC=C.[Li]. The first-order valence-electron chi connectivity index (χ1n) is 2.07. The summed E-state index contributed by atoms with van der Waals surface area (Å²) in [6, 6.07) is 1.69. The molecule has 43 valence electrons. The van der Waals surface area contributed by atoms with Gasteiger partial charge in [-0.2, -0.15) is 5.26 Å². The van der Waals surface area contributed by atoms with Crippen LogP contribution in [0, 0.1) is 11.3 Å². The van der Waals surface area contributed by atoms with Crippen molar-refractivity contribution in [2.75, 3.05) is 0 Å². The molecule has 0 unspecified atom stereocenters. The third-order valence-corrected chi connectivity index (χ3v) is 0.258. The van der Waals surface area contributed by atoms with Gasteiger partial charge in [-0.05, 0) is 0 Å². The van der Waals surface area contributed by atoms with Crippen molar-refractivity contribution in [2.45, 2.75) is 0 Å². The molecule has 0 heterocycles. The molecule has 0 aromatic heterocycles. The molecule has 0 fully saturated rings. The van der Waals surface area contributed by atoms with E-state index in [0.29, 0.717) is 0 Å². The Kier molecular flexibility index (Phi) is 46.5. The molecule has 0 rings (SSSR count). The van der Waals surface area contributed by atoms with Crippen LogP contribution in [0.5, 0.6) is 0 Å². The molecule has 0 atom stereocenters. The summed E-state index contributed by atoms with van der Waals surface area (Å²) in [7, 11) is 0. The second-order valence-corrected chi connectivity index (χ2v) is 0.805. The Bertz CT molecular complexity index is 105. The number of hydrogen-bond donors (Lipinski definition) is 0. The molecular weight excluding hydrogens is 105 g/mol. The van der Waals surface area contributed by atoms with E-state index in [2.05, 4.69) is 19.7 Å². The van der Waals surface area contributed by atoms with Crippen molar-refractivity contribution in [3.05, 3.63) is 38.0 Å². The van der Waals surface area contributed by atoms with Crippen LogP contribution in [0.2, 0.25) is 0 Å². The van der Waals surface area contributed by atoms with Gasteiger partial charge in [0.1, 0.15) is 0 Å². The number of allylic oxidation sites excluding steroid dienone is 3. The monoisotopic (exact) mass is 114 g/mol. The van der Waals surface area contributed by atoms with Crippen LogP contribution < -0.4 is 0 Å². The second-order valence-electron chi connectivity index (χ2n) is 0.805. The van der Waals surface area contributed by atoms with Crippen LogP contribution in [0.3, 0.4) is 0 Å². The minimum atomic E-state index is 0. The molecule has 1 radical (unpaired) electrons. The molecule has 0 aliphatic heterocycles. The van der Waals surface area contributed by atoms with Gasteiger partial charge in [-0.15, -0.1) is 0 Å². The fraction of sp³-hybridized carbons (Fsp3) is 0. The third-order valence-electron chi connectivity index (χ3n) is 0.258. The Morgan fingerprint density at radius 1 is 1.11 bits per heavy atom. The molecule has 2 heteroatoms. The summed E-state index contributed by atoms with van der Waals surface area (Å²) in [5.74, 6) is 0. The molecule has 0 aliphatic rings. The van der Waals surface area contributed by atoms with Gasteiger partial charge in [0.05, 0.1) is 6.07 Å². The van der Waals surface area contributed by atoms with E-state index in [1.807, 2.05) is 0 Å². The van der Waals surface area contributed by atoms with E-state index >= 15 is 0 Å². The van der Waals surface area contributed by atoms with Crippen LogP contribution in [-0.4, -0.2) is 18.9 Å². The zero-order chi connectivity index (χ0) is 6.83. The zero-order valence-corrected chi connectivity index (χ0v) is 5.80. The Balaban J connectivity index is -0.0000000720. The quantitative estimate of drug-likeness (QED) is 0.289. The summed E-state index contributed by atoms with van der Waals surface area (Å²) in [6.45, 7) is 9.84. The third kappa shape index (κ3) is 120. The number of hydrogen-bond acceptors (Lipinski definition) is 1. The zero-order valence-electron chi connectivity index (χ0n) is 5.80. The van der Waals surface area contributed by atoms with Crippen molar-refractivity contribution in [1.82, 2.24) is 0 Å². The molecule has 0 aromatic rings. The Morgan fingerprint density at radius 3 is 1.33 bits per heavy atom. The molecule has 0 amide bonds. The second kappa shape index (κ2) is 26.6. The predicted octanol–water partition coefficient (Wildman–Crippen LogP) is 1.67. The summed E-state index contributed by atoms with van der Waals surface area (Å²) < 4.78 is 0. The topological polar surface area (TPSA) is 23.8 Å². The maximum absolute atomic E-state index is 7.51. The van der Waals surface area contributed by atoms with E-state index in [1.54, 1.807) is 18.2 Å². The Hall–Kier alpha value is -0.693. The van der Waals surface area contributed by atoms with Gasteiger partial charge in [0.15, 0.2) is 0 Å². The van der Waals surface area contributed by atoms with Gasteiger partial charge in [0, 0.05) is 24.9 Å². The average molecular weight is 114 g/mol. The Morgan fingerprint density at radius 2 is 1.33 bits per heavy atom. The van der Waals surface area contributed by atoms with Crippen LogP contribution in [0.1, 0.15) is 0 Å². The molecule has 0 saturated carbocycles. The smallest absolute Gasteiger partial charge is 0.0905 e. The van der Waals surface area contributed by atoms with Crippen molar-refractivity contribution in [1.29, 1.82) is 5.26 Å². The van der Waals surface area contributed by atoms with Crippen LogP contribution in [0.4, 0.5) is 0 Å². The van der Waals surface area contributed by atoms with E-state index in [4.69, 9.17) is 5.26 Å². The molecule has 9 heavy (non-hydrogen) atoms. The van der Waals surface area contributed by atoms with E-state index in [-0.39, 0.29) is 18.9 Å². The van der Waals surface area contributed by atoms with Crippen LogP contribution in [0.15, 0.2) is 38.0 Å². The van der Waals surface area contributed by atoms with Crippen molar-refractivity contribution in [3.63, 3.8) is 0 Å². The fourth-order valence-corrected chi connectivity index (χ4v) is 0. The van der Waals surface area contributed by atoms with Crippen molar-refractivity contribution in [2.24, 2.45) is 0 Å². The molecule has 0 aromatic carbocycles. The number of nitrogens with zero attached hydrogens (tertiary/aromatic N) is 1. The summed E-state index contributed by atoms with van der Waals surface area (Å²) in [4.78, 5) is 0. The normalized spacial score (nSPS) is 3.89. The largest absolute Gasteiger partial charge is 0.193 e. The standard InChI is InChI=1S/C4H6.C3H3N.Li/c1-3-4-2;1-2-3-4;/h3-4H,1-2H2;2H,1H2;. The van der Waals surface area contributed by atoms with Crippen LogP contribution in [0.25, 0.3) is 0 Å². The summed E-state index contributed by atoms with van der Waals surface area (Å²) in [6.07, 6.45) is 4.46. The maximum Gasteiger partial charge on any atom is 0.0905 e. The summed E-state index contributed by atoms with van der Waals surface area (Å²) >= 11 is 0. The van der Waals surface area contributed by atoms with E-state index in [0.717, 1.165) is 0 Å². The van der Waals surface area contributed by atoms with Gasteiger partial charge in [-0.1, -0.05) is 31.9 Å². The minimum Gasteiger partial charge on any atom is -0.193 e. The Labute approximate surface area is 68.6 Å². The first kappa shape index (κ1) is 15.7. The molecule has 0 bridgehead atoms. The average Bonchev–Trinajstić information content (AvgIpc) is 1.88. The molecule has 0 spiro atoms. The first-order valence-corrected chi connectivity index (χ1v) is 2.07. The van der Waals surface area contributed by atoms with E-state index in [1.165, 1.54) is 6.08 Å². The molecule has 0 saturated heterocycles. The van der Waals surface area contributed by atoms with Crippen molar-refractivity contribution < 1.29 is 0 Å². The minimum absolute atomic E-state index is 0. The van der Waals surface area contributed by atoms with Crippen LogP contribution >= 0.6 is 0 Å². The molecule has 0 N–H and O–H groups in total. The number of rotatable bonds is 1. The van der Waals surface area contributed by atoms with Gasteiger partial charge in [0.25, 0.3) is 0 Å². The summed E-state index contributed by atoms with van der Waals surface area (Å²) in [5, 5.41) is 7.51. The van der Waals surface area contributed by atoms with Gasteiger partial charge < -0.3 is 0 Å². The van der Waals surface area contributed by atoms with E-state index in [9.17, 15) is 0 Å². The van der Waals surface area contributed by atoms with E-state index < -0.39 is 0 Å². The van der Waals surface area contributed by atoms with Crippen molar-refractivity contribution in [3.8, 4) is 6.07 Å². The van der Waals surface area contributed by atoms with Gasteiger partial charge >= 0.3 is 0 Å². The van der Waals surface area contributed by atoms with Crippen molar-refractivity contribution >= 4 is 18.9 Å². The van der Waals surface area contributed by atoms with Gasteiger partial charge in [-0.3, -0.25) is 0 Å².